The van der Waals surface area contributed by atoms with Crippen molar-refractivity contribution in [2.24, 2.45) is 5.73 Å². The van der Waals surface area contributed by atoms with Crippen molar-refractivity contribution in [1.29, 1.82) is 0 Å². The average molecular weight is 482 g/mol. The molecule has 2 N–H and O–H groups in total. The van der Waals surface area contributed by atoms with Crippen LogP contribution in [-0.4, -0.2) is 42.3 Å². The molecule has 2 heterocycles. The normalized spacial score (nSPS) is 14.8. The van der Waals surface area contributed by atoms with Crippen LogP contribution in [0.1, 0.15) is 22.3 Å². The minimum Gasteiger partial charge on any atom is -0.488 e. The van der Waals surface area contributed by atoms with Gasteiger partial charge in [-0.25, -0.2) is 8.78 Å². The second-order valence-corrected chi connectivity index (χ2v) is 8.54. The van der Waals surface area contributed by atoms with E-state index in [2.05, 4.69) is 4.90 Å². The van der Waals surface area contributed by atoms with Crippen LogP contribution in [0.5, 0.6) is 5.75 Å². The zero-order valence-electron chi connectivity index (χ0n) is 19.7. The number of ether oxygens (including phenoxy) is 2. The van der Waals surface area contributed by atoms with Gasteiger partial charge in [0.15, 0.2) is 0 Å². The van der Waals surface area contributed by atoms with Crippen LogP contribution in [0.2, 0.25) is 0 Å². The highest BCUT2D eigenvalue weighted by atomic mass is 19.1. The number of benzene rings is 2. The van der Waals surface area contributed by atoms with Crippen LogP contribution in [0.15, 0.2) is 65.7 Å². The lowest BCUT2D eigenvalue weighted by Gasteiger charge is -2.27. The molecule has 1 fully saturated rings. The summed E-state index contributed by atoms with van der Waals surface area (Å²) >= 11 is 0. The van der Waals surface area contributed by atoms with Crippen molar-refractivity contribution < 1.29 is 18.3 Å². The molecule has 0 amide bonds. The Labute approximate surface area is 203 Å². The number of halogens is 2. The van der Waals surface area contributed by atoms with Crippen molar-refractivity contribution in [1.82, 2.24) is 9.47 Å². The molecule has 0 unspecified atom stereocenters. The van der Waals surface area contributed by atoms with Crippen LogP contribution in [-0.2, 0) is 17.9 Å². The first-order chi connectivity index (χ1) is 16.9. The maximum Gasteiger partial charge on any atom is 0.257 e. The van der Waals surface area contributed by atoms with Gasteiger partial charge in [0.05, 0.1) is 25.3 Å². The summed E-state index contributed by atoms with van der Waals surface area (Å²) in [5, 5.41) is 0. The fourth-order valence-corrected chi connectivity index (χ4v) is 4.05. The predicted octanol–water partition coefficient (Wildman–Crippen LogP) is 3.69. The summed E-state index contributed by atoms with van der Waals surface area (Å²) < 4.78 is 39.7. The molecule has 35 heavy (non-hydrogen) atoms. The Balaban J connectivity index is 1.46. The van der Waals surface area contributed by atoms with Gasteiger partial charge in [0.1, 0.15) is 24.0 Å². The number of rotatable bonds is 8. The molecule has 1 aliphatic rings. The zero-order valence-corrected chi connectivity index (χ0v) is 19.7. The Morgan fingerprint density at radius 3 is 2.69 bits per heavy atom. The molecule has 3 aromatic rings. The molecular weight excluding hydrogens is 452 g/mol. The number of hydrogen-bond acceptors (Lipinski definition) is 5. The Bertz CT molecular complexity index is 1270. The average Bonchev–Trinajstić information content (AvgIpc) is 2.86. The Hall–Kier alpha value is -3.49. The number of hydrogen-bond donors (Lipinski definition) is 1. The number of morpholine rings is 1. The summed E-state index contributed by atoms with van der Waals surface area (Å²) in [7, 11) is 0. The van der Waals surface area contributed by atoms with Gasteiger partial charge in [-0.2, -0.15) is 0 Å². The third-order valence-electron chi connectivity index (χ3n) is 6.10. The molecule has 184 valence electrons. The van der Waals surface area contributed by atoms with Gasteiger partial charge >= 0.3 is 0 Å². The molecule has 2 aromatic carbocycles. The van der Waals surface area contributed by atoms with Crippen molar-refractivity contribution in [2.75, 3.05) is 32.8 Å². The first-order valence-corrected chi connectivity index (χ1v) is 11.5. The second-order valence-electron chi connectivity index (χ2n) is 8.54. The van der Waals surface area contributed by atoms with E-state index in [1.54, 1.807) is 30.0 Å². The Morgan fingerprint density at radius 2 is 1.94 bits per heavy atom. The smallest absolute Gasteiger partial charge is 0.257 e. The molecule has 0 bridgehead atoms. The van der Waals surface area contributed by atoms with Gasteiger partial charge in [-0.3, -0.25) is 9.69 Å². The topological polar surface area (TPSA) is 69.7 Å². The van der Waals surface area contributed by atoms with E-state index in [0.29, 0.717) is 17.9 Å². The molecule has 4 rings (SSSR count). The highest BCUT2D eigenvalue weighted by Crippen LogP contribution is 2.20. The maximum atomic E-state index is 13.9. The van der Waals surface area contributed by atoms with Crippen molar-refractivity contribution in [2.45, 2.75) is 20.1 Å². The summed E-state index contributed by atoms with van der Waals surface area (Å²) in [5.41, 5.74) is 9.38. The van der Waals surface area contributed by atoms with Crippen LogP contribution < -0.4 is 16.0 Å². The SMILES string of the molecule is Cc1c(OCc2ccc(F)cc2F)ccn(Cc2cccc(/C(=C\N)CN3CCOCC3)c2)c1=O. The van der Waals surface area contributed by atoms with E-state index in [0.717, 1.165) is 55.6 Å². The highest BCUT2D eigenvalue weighted by molar-refractivity contribution is 5.67. The van der Waals surface area contributed by atoms with Crippen molar-refractivity contribution in [3.63, 3.8) is 0 Å². The van der Waals surface area contributed by atoms with E-state index < -0.39 is 11.6 Å². The van der Waals surface area contributed by atoms with E-state index in [1.807, 2.05) is 24.3 Å². The molecule has 1 aliphatic heterocycles. The minimum absolute atomic E-state index is 0.101. The molecule has 0 radical (unpaired) electrons. The third kappa shape index (κ3) is 6.15. The molecule has 6 nitrogen and oxygen atoms in total. The molecule has 8 heteroatoms. The maximum absolute atomic E-state index is 13.9. The van der Waals surface area contributed by atoms with Crippen LogP contribution in [0, 0.1) is 18.6 Å². The summed E-state index contributed by atoms with van der Waals surface area (Å²) in [4.78, 5) is 15.3. The lowest BCUT2D eigenvalue weighted by Crippen LogP contribution is -2.37. The molecule has 0 atom stereocenters. The lowest BCUT2D eigenvalue weighted by atomic mass is 10.0. The minimum atomic E-state index is -0.685. The summed E-state index contributed by atoms with van der Waals surface area (Å²) in [6, 6.07) is 13.0. The first-order valence-electron chi connectivity index (χ1n) is 11.5. The third-order valence-corrected chi connectivity index (χ3v) is 6.10. The zero-order chi connectivity index (χ0) is 24.8. The van der Waals surface area contributed by atoms with Gasteiger partial charge in [-0.05, 0) is 54.1 Å². The molecule has 1 saturated heterocycles. The molecular formula is C27H29F2N3O3. The van der Waals surface area contributed by atoms with Crippen molar-refractivity contribution in [3.8, 4) is 5.75 Å². The van der Waals surface area contributed by atoms with E-state index in [4.69, 9.17) is 15.2 Å². The Morgan fingerprint density at radius 1 is 1.14 bits per heavy atom. The van der Waals surface area contributed by atoms with Gasteiger partial charge in [0.25, 0.3) is 5.56 Å². The number of aromatic nitrogens is 1. The molecule has 0 saturated carbocycles. The molecule has 1 aromatic heterocycles. The monoisotopic (exact) mass is 481 g/mol. The summed E-state index contributed by atoms with van der Waals surface area (Å²) in [6.45, 7) is 5.87. The van der Waals surface area contributed by atoms with Gasteiger partial charge in [0, 0.05) is 37.5 Å². The lowest BCUT2D eigenvalue weighted by molar-refractivity contribution is 0.0444. The van der Waals surface area contributed by atoms with Crippen LogP contribution in [0.3, 0.4) is 0 Å². The van der Waals surface area contributed by atoms with Crippen LogP contribution >= 0.6 is 0 Å². The van der Waals surface area contributed by atoms with Gasteiger partial charge in [0.2, 0.25) is 0 Å². The fourth-order valence-electron chi connectivity index (χ4n) is 4.05. The predicted molar refractivity (Wildman–Crippen MR) is 131 cm³/mol. The van der Waals surface area contributed by atoms with E-state index in [1.165, 1.54) is 12.1 Å². The van der Waals surface area contributed by atoms with Crippen molar-refractivity contribution in [3.05, 3.63) is 105 Å². The molecule has 0 aliphatic carbocycles. The Kier molecular flexibility index (Phi) is 7.94. The van der Waals surface area contributed by atoms with Gasteiger partial charge in [-0.1, -0.05) is 18.2 Å². The molecule has 0 spiro atoms. The fraction of sp³-hybridized carbons (Fsp3) is 0.296. The van der Waals surface area contributed by atoms with Crippen LogP contribution in [0.25, 0.3) is 5.57 Å². The van der Waals surface area contributed by atoms with E-state index in [-0.39, 0.29) is 17.7 Å². The number of pyridine rings is 1. The quantitative estimate of drug-likeness (QED) is 0.532. The van der Waals surface area contributed by atoms with E-state index >= 15 is 0 Å². The summed E-state index contributed by atoms with van der Waals surface area (Å²) in [6.07, 6.45) is 3.30. The van der Waals surface area contributed by atoms with Crippen LogP contribution in [0.4, 0.5) is 8.78 Å². The summed E-state index contributed by atoms with van der Waals surface area (Å²) in [5.74, 6) is -0.970. The largest absolute Gasteiger partial charge is 0.488 e. The van der Waals surface area contributed by atoms with Crippen molar-refractivity contribution >= 4 is 5.57 Å². The van der Waals surface area contributed by atoms with Gasteiger partial charge in [-0.15, -0.1) is 0 Å². The second kappa shape index (κ2) is 11.3. The van der Waals surface area contributed by atoms with Gasteiger partial charge < -0.3 is 19.8 Å². The number of nitrogens with two attached hydrogens (primary N) is 1. The first kappa shape index (κ1) is 24.6. The number of nitrogens with zero attached hydrogens (tertiary/aromatic N) is 2. The highest BCUT2D eigenvalue weighted by Gasteiger charge is 2.14. The van der Waals surface area contributed by atoms with E-state index in [9.17, 15) is 13.6 Å². The standard InChI is InChI=1S/C27H29F2N3O3/c1-19-26(35-18-22-5-6-24(28)14-25(22)29)7-8-32(27(19)33)16-20-3-2-4-21(13-20)23(15-30)17-31-9-11-34-12-10-31/h2-8,13-15H,9-12,16-18,30H2,1H3/b23-15-.